The maximum Gasteiger partial charge on any atom is 0.325 e. The molecule has 4 nitrogen and oxygen atoms in total. The second kappa shape index (κ2) is 4.95. The molecular weight excluding hydrogens is 256 g/mol. The van der Waals surface area contributed by atoms with Crippen LogP contribution in [-0.4, -0.2) is 23.0 Å². The molecule has 2 N–H and O–H groups in total. The lowest BCUT2D eigenvalue weighted by atomic mass is 10.1. The molecule has 1 saturated carbocycles. The molecule has 1 amide bonds. The maximum atomic E-state index is 13.5. The van der Waals surface area contributed by atoms with Gasteiger partial charge in [0.2, 0.25) is 5.91 Å². The third-order valence-electron chi connectivity index (χ3n) is 3.23. The number of benzene rings is 1. The van der Waals surface area contributed by atoms with Crippen LogP contribution in [0.4, 0.5) is 8.78 Å². The van der Waals surface area contributed by atoms with E-state index in [-0.39, 0.29) is 5.56 Å². The van der Waals surface area contributed by atoms with Crippen molar-refractivity contribution in [2.45, 2.75) is 25.3 Å². The van der Waals surface area contributed by atoms with Crippen LogP contribution in [0, 0.1) is 17.6 Å². The number of carboxylic acids is 1. The number of hydrogen-bond acceptors (Lipinski definition) is 2. The van der Waals surface area contributed by atoms with Gasteiger partial charge in [-0.15, -0.1) is 0 Å². The van der Waals surface area contributed by atoms with Gasteiger partial charge in [-0.2, -0.15) is 0 Å². The Balaban J connectivity index is 2.05. The van der Waals surface area contributed by atoms with E-state index in [1.807, 2.05) is 0 Å². The first-order valence-corrected chi connectivity index (χ1v) is 5.89. The monoisotopic (exact) mass is 269 g/mol. The zero-order valence-corrected chi connectivity index (χ0v) is 10.2. The van der Waals surface area contributed by atoms with Crippen molar-refractivity contribution < 1.29 is 23.5 Å². The van der Waals surface area contributed by atoms with Gasteiger partial charge < -0.3 is 10.4 Å². The fourth-order valence-corrected chi connectivity index (χ4v) is 2.05. The van der Waals surface area contributed by atoms with Crippen molar-refractivity contribution >= 4 is 11.9 Å². The maximum absolute atomic E-state index is 13.5. The Bertz CT molecular complexity index is 512. The Kier molecular flexibility index (Phi) is 3.50. The van der Waals surface area contributed by atoms with Crippen molar-refractivity contribution in [2.75, 3.05) is 0 Å². The molecule has 1 fully saturated rings. The highest BCUT2D eigenvalue weighted by molar-refractivity contribution is 5.87. The van der Waals surface area contributed by atoms with E-state index in [4.69, 9.17) is 5.11 Å². The topological polar surface area (TPSA) is 66.4 Å². The Morgan fingerprint density at radius 3 is 2.47 bits per heavy atom. The molecule has 6 heteroatoms. The summed E-state index contributed by atoms with van der Waals surface area (Å²) in [6, 6.07) is 2.54. The number of rotatable bonds is 4. The number of halogens is 2. The zero-order chi connectivity index (χ0) is 14.2. The highest BCUT2D eigenvalue weighted by atomic mass is 19.1. The van der Waals surface area contributed by atoms with Gasteiger partial charge in [0.05, 0.1) is 0 Å². The van der Waals surface area contributed by atoms with Crippen LogP contribution in [0.25, 0.3) is 0 Å². The summed E-state index contributed by atoms with van der Waals surface area (Å²) in [5.74, 6) is -4.06. The van der Waals surface area contributed by atoms with Gasteiger partial charge in [0, 0.05) is 17.4 Å². The van der Waals surface area contributed by atoms with Crippen molar-refractivity contribution in [3.8, 4) is 0 Å². The minimum Gasteiger partial charge on any atom is -0.480 e. The standard InChI is InChI=1S/C13H13F2NO3/c1-6(13(18)19)16-12(17)8-5-7(8)11-9(14)3-2-4-10(11)15/h2-4,6-8H,5H2,1H3,(H,16,17)(H,18,19)/t6-,7?,8?/m1/s1. The summed E-state index contributed by atoms with van der Waals surface area (Å²) in [6.45, 7) is 1.33. The van der Waals surface area contributed by atoms with Gasteiger partial charge in [0.25, 0.3) is 0 Å². The van der Waals surface area contributed by atoms with Gasteiger partial charge in [-0.3, -0.25) is 9.59 Å². The zero-order valence-electron chi connectivity index (χ0n) is 10.2. The molecule has 0 radical (unpaired) electrons. The molecule has 1 aromatic carbocycles. The molecule has 2 rings (SSSR count). The molecule has 0 spiro atoms. The summed E-state index contributed by atoms with van der Waals surface area (Å²) < 4.78 is 27.0. The Morgan fingerprint density at radius 1 is 1.37 bits per heavy atom. The van der Waals surface area contributed by atoms with Crippen molar-refractivity contribution in [2.24, 2.45) is 5.92 Å². The van der Waals surface area contributed by atoms with E-state index in [1.54, 1.807) is 0 Å². The van der Waals surface area contributed by atoms with Gasteiger partial charge in [-0.25, -0.2) is 8.78 Å². The van der Waals surface area contributed by atoms with E-state index in [0.29, 0.717) is 6.42 Å². The molecule has 0 saturated heterocycles. The van der Waals surface area contributed by atoms with Gasteiger partial charge in [-0.05, 0) is 25.5 Å². The van der Waals surface area contributed by atoms with Crippen molar-refractivity contribution in [1.29, 1.82) is 0 Å². The predicted octanol–water partition coefficient (Wildman–Crippen LogP) is 1.66. The van der Waals surface area contributed by atoms with E-state index < -0.39 is 41.4 Å². The first-order valence-electron chi connectivity index (χ1n) is 5.89. The average Bonchev–Trinajstić information content (AvgIpc) is 3.08. The Morgan fingerprint density at radius 2 is 1.95 bits per heavy atom. The Hall–Kier alpha value is -1.98. The highest BCUT2D eigenvalue weighted by Gasteiger charge is 2.47. The number of amides is 1. The van der Waals surface area contributed by atoms with E-state index in [9.17, 15) is 18.4 Å². The van der Waals surface area contributed by atoms with Crippen LogP contribution in [-0.2, 0) is 9.59 Å². The summed E-state index contributed by atoms with van der Waals surface area (Å²) in [4.78, 5) is 22.3. The van der Waals surface area contributed by atoms with Crippen molar-refractivity contribution in [3.05, 3.63) is 35.4 Å². The van der Waals surface area contributed by atoms with Crippen molar-refractivity contribution in [3.63, 3.8) is 0 Å². The van der Waals surface area contributed by atoms with Crippen LogP contribution in [0.2, 0.25) is 0 Å². The molecule has 2 unspecified atom stereocenters. The summed E-state index contributed by atoms with van der Waals surface area (Å²) in [6.07, 6.45) is 0.329. The van der Waals surface area contributed by atoms with Gasteiger partial charge in [0.15, 0.2) is 0 Å². The molecular formula is C13H13F2NO3. The molecule has 1 aliphatic rings. The van der Waals surface area contributed by atoms with Crippen LogP contribution in [0.1, 0.15) is 24.8 Å². The van der Waals surface area contributed by atoms with Gasteiger partial charge in [-0.1, -0.05) is 6.07 Å². The van der Waals surface area contributed by atoms with Gasteiger partial charge >= 0.3 is 5.97 Å². The van der Waals surface area contributed by atoms with Crippen LogP contribution in [0.15, 0.2) is 18.2 Å². The molecule has 19 heavy (non-hydrogen) atoms. The number of carboxylic acid groups (broad SMARTS) is 1. The van der Waals surface area contributed by atoms with Gasteiger partial charge in [0.1, 0.15) is 17.7 Å². The Labute approximate surface area is 108 Å². The molecule has 102 valence electrons. The predicted molar refractivity (Wildman–Crippen MR) is 62.4 cm³/mol. The largest absolute Gasteiger partial charge is 0.480 e. The molecule has 0 heterocycles. The number of aliphatic carboxylic acids is 1. The molecule has 0 aliphatic heterocycles. The van der Waals surface area contributed by atoms with E-state index in [1.165, 1.54) is 13.0 Å². The average molecular weight is 269 g/mol. The minimum absolute atomic E-state index is 0.0920. The second-order valence-electron chi connectivity index (χ2n) is 4.65. The van der Waals surface area contributed by atoms with Crippen LogP contribution < -0.4 is 5.32 Å². The molecule has 1 aromatic rings. The number of carbonyl (C=O) groups is 2. The second-order valence-corrected chi connectivity index (χ2v) is 4.65. The fraction of sp³-hybridized carbons (Fsp3) is 0.385. The third kappa shape index (κ3) is 2.72. The lowest BCUT2D eigenvalue weighted by molar-refractivity contribution is -0.141. The van der Waals surface area contributed by atoms with E-state index in [0.717, 1.165) is 12.1 Å². The van der Waals surface area contributed by atoms with Crippen LogP contribution in [0.3, 0.4) is 0 Å². The first kappa shape index (κ1) is 13.5. The lowest BCUT2D eigenvalue weighted by Crippen LogP contribution is -2.39. The van der Waals surface area contributed by atoms with E-state index >= 15 is 0 Å². The smallest absolute Gasteiger partial charge is 0.325 e. The molecule has 3 atom stereocenters. The van der Waals surface area contributed by atoms with Crippen molar-refractivity contribution in [1.82, 2.24) is 5.32 Å². The first-order chi connectivity index (χ1) is 8.91. The number of hydrogen-bond donors (Lipinski definition) is 2. The third-order valence-corrected chi connectivity index (χ3v) is 3.23. The van der Waals surface area contributed by atoms with Crippen LogP contribution in [0.5, 0.6) is 0 Å². The molecule has 0 aromatic heterocycles. The normalized spacial score (nSPS) is 22.7. The summed E-state index contributed by atoms with van der Waals surface area (Å²) in [5.41, 5.74) is -0.0920. The number of nitrogens with one attached hydrogen (secondary N) is 1. The highest BCUT2D eigenvalue weighted by Crippen LogP contribution is 2.49. The lowest BCUT2D eigenvalue weighted by Gasteiger charge is -2.09. The van der Waals surface area contributed by atoms with Crippen LogP contribution >= 0.6 is 0 Å². The molecule has 0 bridgehead atoms. The fourth-order valence-electron chi connectivity index (χ4n) is 2.05. The molecule has 1 aliphatic carbocycles. The van der Waals surface area contributed by atoms with E-state index in [2.05, 4.69) is 5.32 Å². The summed E-state index contributed by atoms with van der Waals surface area (Å²) in [7, 11) is 0. The quantitative estimate of drug-likeness (QED) is 0.873. The number of carbonyl (C=O) groups excluding carboxylic acids is 1. The minimum atomic E-state index is -1.15. The SMILES string of the molecule is C[C@@H](NC(=O)C1CC1c1c(F)cccc1F)C(=O)O. The summed E-state index contributed by atoms with van der Waals surface area (Å²) >= 11 is 0. The summed E-state index contributed by atoms with van der Waals surface area (Å²) in [5, 5.41) is 11.0.